The summed E-state index contributed by atoms with van der Waals surface area (Å²) >= 11 is 0. The molecule has 8 nitrogen and oxygen atoms in total. The fourth-order valence-electron chi connectivity index (χ4n) is 2.35. The molecule has 142 valence electrons. The molecule has 0 aliphatic heterocycles. The number of hydrazone groups is 1. The van der Waals surface area contributed by atoms with Crippen LogP contribution in [-0.4, -0.2) is 28.8 Å². The minimum atomic E-state index is -0.586. The highest BCUT2D eigenvalue weighted by Gasteiger charge is 2.11. The molecule has 8 heteroatoms. The van der Waals surface area contributed by atoms with E-state index in [0.29, 0.717) is 5.75 Å². The van der Waals surface area contributed by atoms with E-state index in [-0.39, 0.29) is 29.5 Å². The molecule has 0 saturated carbocycles. The zero-order valence-corrected chi connectivity index (χ0v) is 15.3. The van der Waals surface area contributed by atoms with Crippen LogP contribution in [0.5, 0.6) is 11.5 Å². The quantitative estimate of drug-likeness (QED) is 0.440. The molecule has 2 aromatic rings. The van der Waals surface area contributed by atoms with Gasteiger partial charge in [0.15, 0.2) is 6.61 Å². The van der Waals surface area contributed by atoms with E-state index in [1.165, 1.54) is 12.1 Å². The van der Waals surface area contributed by atoms with Gasteiger partial charge in [0.1, 0.15) is 11.5 Å². The predicted octanol–water partition coefficient (Wildman–Crippen LogP) is 3.26. The molecule has 0 unspecified atom stereocenters. The van der Waals surface area contributed by atoms with Crippen molar-refractivity contribution in [2.45, 2.75) is 26.7 Å². The summed E-state index contributed by atoms with van der Waals surface area (Å²) in [6.45, 7) is 5.77. The average Bonchev–Trinajstić information content (AvgIpc) is 2.61. The lowest BCUT2D eigenvalue weighted by Crippen LogP contribution is -2.25. The third-order valence-electron chi connectivity index (χ3n) is 3.76. The fourth-order valence-corrected chi connectivity index (χ4v) is 2.35. The summed E-state index contributed by atoms with van der Waals surface area (Å²) < 4.78 is 5.59. The molecule has 27 heavy (non-hydrogen) atoms. The van der Waals surface area contributed by atoms with Gasteiger partial charge in [-0.1, -0.05) is 26.0 Å². The topological polar surface area (TPSA) is 114 Å². The summed E-state index contributed by atoms with van der Waals surface area (Å²) in [6.07, 6.45) is 1.13. The Labute approximate surface area is 156 Å². The number of nitro groups is 1. The molecule has 0 radical (unpaired) electrons. The highest BCUT2D eigenvalue weighted by Crippen LogP contribution is 2.27. The van der Waals surface area contributed by atoms with Gasteiger partial charge in [0, 0.05) is 17.7 Å². The number of phenols is 1. The summed E-state index contributed by atoms with van der Waals surface area (Å²) in [6, 6.07) is 9.34. The summed E-state index contributed by atoms with van der Waals surface area (Å²) in [4.78, 5) is 22.1. The maximum Gasteiger partial charge on any atom is 0.277 e. The van der Waals surface area contributed by atoms with Gasteiger partial charge < -0.3 is 9.84 Å². The summed E-state index contributed by atoms with van der Waals surface area (Å²) in [7, 11) is 0. The molecular weight excluding hydrogens is 350 g/mol. The maximum atomic E-state index is 11.9. The number of ether oxygens (including phenoxy) is 1. The van der Waals surface area contributed by atoms with Gasteiger partial charge >= 0.3 is 0 Å². The lowest BCUT2D eigenvalue weighted by Gasteiger charge is -2.14. The van der Waals surface area contributed by atoms with Crippen LogP contribution in [0.25, 0.3) is 0 Å². The van der Waals surface area contributed by atoms with Gasteiger partial charge in [-0.05, 0) is 36.1 Å². The average molecular weight is 371 g/mol. The Morgan fingerprint density at radius 1 is 1.33 bits per heavy atom. The van der Waals surface area contributed by atoms with E-state index in [4.69, 9.17) is 4.74 Å². The smallest absolute Gasteiger partial charge is 0.277 e. The lowest BCUT2D eigenvalue weighted by atomic mass is 10.0. The fraction of sp³-hybridized carbons (Fsp3) is 0.263. The highest BCUT2D eigenvalue weighted by atomic mass is 16.6. The third kappa shape index (κ3) is 5.53. The first kappa shape index (κ1) is 19.9. The van der Waals surface area contributed by atoms with Crippen molar-refractivity contribution in [1.82, 2.24) is 5.43 Å². The summed E-state index contributed by atoms with van der Waals surface area (Å²) in [5.41, 5.74) is 4.21. The molecule has 0 bridgehead atoms. The largest absolute Gasteiger partial charge is 0.507 e. The number of carbonyl (C=O) groups excluding carboxylic acids is 1. The first-order chi connectivity index (χ1) is 12.8. The van der Waals surface area contributed by atoms with Crippen LogP contribution in [0.3, 0.4) is 0 Å². The molecule has 0 saturated heterocycles. The van der Waals surface area contributed by atoms with E-state index in [1.807, 2.05) is 39.0 Å². The van der Waals surface area contributed by atoms with Gasteiger partial charge in [0.2, 0.25) is 0 Å². The molecule has 0 aliphatic carbocycles. The number of amides is 1. The zero-order chi connectivity index (χ0) is 20.0. The number of hydrogen-bond acceptors (Lipinski definition) is 6. The number of rotatable bonds is 7. The standard InChI is InChI=1S/C19H21N3O5/c1-12(2)16-6-4-13(3)8-18(16)27-11-19(24)21-20-10-14-9-15(22(25)26)5-7-17(14)23/h4-10,12,23H,11H2,1-3H3,(H,21,24)/b20-10-. The molecule has 0 heterocycles. The number of nitro benzene ring substituents is 1. The van der Waals surface area contributed by atoms with Gasteiger partial charge in [-0.15, -0.1) is 0 Å². The van der Waals surface area contributed by atoms with Crippen LogP contribution in [0, 0.1) is 17.0 Å². The van der Waals surface area contributed by atoms with Crippen molar-refractivity contribution in [3.63, 3.8) is 0 Å². The monoisotopic (exact) mass is 371 g/mol. The van der Waals surface area contributed by atoms with Crippen molar-refractivity contribution in [3.05, 3.63) is 63.2 Å². The van der Waals surface area contributed by atoms with Gasteiger partial charge in [-0.25, -0.2) is 5.43 Å². The maximum absolute atomic E-state index is 11.9. The van der Waals surface area contributed by atoms with Gasteiger partial charge in [-0.3, -0.25) is 14.9 Å². The van der Waals surface area contributed by atoms with Crippen molar-refractivity contribution >= 4 is 17.8 Å². The van der Waals surface area contributed by atoms with Gasteiger partial charge in [0.05, 0.1) is 11.1 Å². The van der Waals surface area contributed by atoms with Crippen LogP contribution in [0.4, 0.5) is 5.69 Å². The molecule has 1 amide bonds. The number of nitrogens with one attached hydrogen (secondary N) is 1. The first-order valence-electron chi connectivity index (χ1n) is 8.30. The van der Waals surface area contributed by atoms with Crippen LogP contribution in [-0.2, 0) is 4.79 Å². The van der Waals surface area contributed by atoms with Crippen LogP contribution in [0.2, 0.25) is 0 Å². The molecule has 2 rings (SSSR count). The van der Waals surface area contributed by atoms with Crippen molar-refractivity contribution in [3.8, 4) is 11.5 Å². The lowest BCUT2D eigenvalue weighted by molar-refractivity contribution is -0.384. The minimum absolute atomic E-state index is 0.117. The van der Waals surface area contributed by atoms with E-state index in [9.17, 15) is 20.0 Å². The Kier molecular flexibility index (Phi) is 6.48. The van der Waals surface area contributed by atoms with E-state index in [1.54, 1.807) is 0 Å². The molecule has 0 aliphatic rings. The Bertz CT molecular complexity index is 878. The Morgan fingerprint density at radius 2 is 2.07 bits per heavy atom. The number of benzene rings is 2. The number of hydrogen-bond donors (Lipinski definition) is 2. The van der Waals surface area contributed by atoms with Crippen molar-refractivity contribution < 1.29 is 19.6 Å². The highest BCUT2D eigenvalue weighted by molar-refractivity contribution is 5.86. The summed E-state index contributed by atoms with van der Waals surface area (Å²) in [5.74, 6) is 0.211. The van der Waals surface area contributed by atoms with Gasteiger partial charge in [-0.2, -0.15) is 5.10 Å². The van der Waals surface area contributed by atoms with Gasteiger partial charge in [0.25, 0.3) is 11.6 Å². The minimum Gasteiger partial charge on any atom is -0.507 e. The second kappa shape index (κ2) is 8.79. The predicted molar refractivity (Wildman–Crippen MR) is 101 cm³/mol. The van der Waals surface area contributed by atoms with Crippen LogP contribution in [0.15, 0.2) is 41.5 Å². The van der Waals surface area contributed by atoms with Crippen molar-refractivity contribution in [2.75, 3.05) is 6.61 Å². The van der Waals surface area contributed by atoms with E-state index in [2.05, 4.69) is 10.5 Å². The molecule has 0 spiro atoms. The Hall–Kier alpha value is -3.42. The SMILES string of the molecule is Cc1ccc(C(C)C)c(OCC(=O)N/N=C\c2cc([N+](=O)[O-])ccc2O)c1. The van der Waals surface area contributed by atoms with E-state index < -0.39 is 10.8 Å². The van der Waals surface area contributed by atoms with Crippen molar-refractivity contribution in [2.24, 2.45) is 5.10 Å². The molecular formula is C19H21N3O5. The third-order valence-corrected chi connectivity index (χ3v) is 3.76. The number of aromatic hydroxyl groups is 1. The van der Waals surface area contributed by atoms with E-state index >= 15 is 0 Å². The molecule has 2 aromatic carbocycles. The molecule has 0 fully saturated rings. The van der Waals surface area contributed by atoms with Crippen LogP contribution >= 0.6 is 0 Å². The normalized spacial score (nSPS) is 11.0. The Morgan fingerprint density at radius 3 is 2.74 bits per heavy atom. The zero-order valence-electron chi connectivity index (χ0n) is 15.3. The number of carbonyl (C=O) groups is 1. The number of aryl methyl sites for hydroxylation is 1. The molecule has 0 aromatic heterocycles. The van der Waals surface area contributed by atoms with Crippen LogP contribution < -0.4 is 10.2 Å². The number of non-ortho nitro benzene ring substituents is 1. The van der Waals surface area contributed by atoms with Crippen molar-refractivity contribution in [1.29, 1.82) is 0 Å². The second-order valence-electron chi connectivity index (χ2n) is 6.28. The second-order valence-corrected chi connectivity index (χ2v) is 6.28. The number of phenolic OH excluding ortho intramolecular Hbond substituents is 1. The first-order valence-corrected chi connectivity index (χ1v) is 8.30. The molecule has 0 atom stereocenters. The number of nitrogens with zero attached hydrogens (tertiary/aromatic N) is 2. The van der Waals surface area contributed by atoms with Crippen LogP contribution in [0.1, 0.15) is 36.5 Å². The summed E-state index contributed by atoms with van der Waals surface area (Å²) in [5, 5.41) is 24.2. The molecule has 2 N–H and O–H groups in total. The van der Waals surface area contributed by atoms with E-state index in [0.717, 1.165) is 23.4 Å². The Balaban J connectivity index is 1.98.